The van der Waals surface area contributed by atoms with Gasteiger partial charge in [0.1, 0.15) is 0 Å². The number of nitrogens with one attached hydrogen (secondary N) is 1. The summed E-state index contributed by atoms with van der Waals surface area (Å²) in [6.07, 6.45) is -0.841. The van der Waals surface area contributed by atoms with Crippen LogP contribution in [0.1, 0.15) is 31.9 Å². The Kier molecular flexibility index (Phi) is 5.62. The Morgan fingerprint density at radius 3 is 2.32 bits per heavy atom. The van der Waals surface area contributed by atoms with E-state index in [9.17, 15) is 15.0 Å². The maximum absolute atomic E-state index is 11.9. The van der Waals surface area contributed by atoms with Gasteiger partial charge < -0.3 is 15.5 Å². The van der Waals surface area contributed by atoms with Gasteiger partial charge >= 0.3 is 0 Å². The molecule has 0 radical (unpaired) electrons. The molecule has 106 valence electrons. The third-order valence-electron chi connectivity index (χ3n) is 3.00. The van der Waals surface area contributed by atoms with E-state index >= 15 is 0 Å². The van der Waals surface area contributed by atoms with Crippen molar-refractivity contribution in [1.29, 1.82) is 0 Å². The lowest BCUT2D eigenvalue weighted by Gasteiger charge is -2.28. The van der Waals surface area contributed by atoms with E-state index in [4.69, 9.17) is 23.2 Å². The van der Waals surface area contributed by atoms with Crippen molar-refractivity contribution in [3.8, 4) is 0 Å². The lowest BCUT2D eigenvalue weighted by Crippen LogP contribution is -2.50. The summed E-state index contributed by atoms with van der Waals surface area (Å²) in [5.41, 5.74) is -0.452. The number of amides is 1. The molecular weight excluding hydrogens is 289 g/mol. The van der Waals surface area contributed by atoms with Gasteiger partial charge in [-0.15, -0.1) is 0 Å². The SMILES string of the molecule is CCC(C)(CO)NC(=O)C(O)c1cc(Cl)cc(Cl)c1. The minimum Gasteiger partial charge on any atom is -0.394 e. The third-order valence-corrected chi connectivity index (χ3v) is 3.44. The van der Waals surface area contributed by atoms with Crippen molar-refractivity contribution >= 4 is 29.1 Å². The molecule has 0 aromatic heterocycles. The van der Waals surface area contributed by atoms with Crippen LogP contribution in [0.4, 0.5) is 0 Å². The Bertz CT molecular complexity index is 441. The summed E-state index contributed by atoms with van der Waals surface area (Å²) < 4.78 is 0. The summed E-state index contributed by atoms with van der Waals surface area (Å²) in [7, 11) is 0. The lowest BCUT2D eigenvalue weighted by molar-refractivity contribution is -0.132. The molecule has 0 bridgehead atoms. The van der Waals surface area contributed by atoms with Crippen LogP contribution in [0.5, 0.6) is 0 Å². The molecule has 1 aromatic rings. The average molecular weight is 306 g/mol. The van der Waals surface area contributed by atoms with Crippen LogP contribution in [0.15, 0.2) is 18.2 Å². The molecule has 2 atom stereocenters. The van der Waals surface area contributed by atoms with E-state index in [-0.39, 0.29) is 6.61 Å². The first-order valence-electron chi connectivity index (χ1n) is 5.88. The molecule has 0 saturated carbocycles. The lowest BCUT2D eigenvalue weighted by atomic mass is 9.99. The molecule has 0 aliphatic carbocycles. The second kappa shape index (κ2) is 6.57. The first kappa shape index (κ1) is 16.2. The minimum absolute atomic E-state index is 0.210. The van der Waals surface area contributed by atoms with Gasteiger partial charge in [0.05, 0.1) is 12.1 Å². The Hall–Kier alpha value is -0.810. The molecule has 0 spiro atoms. The number of rotatable bonds is 5. The van der Waals surface area contributed by atoms with E-state index in [1.54, 1.807) is 6.92 Å². The van der Waals surface area contributed by atoms with Crippen LogP contribution in [0.25, 0.3) is 0 Å². The summed E-state index contributed by atoms with van der Waals surface area (Å²) in [6, 6.07) is 4.46. The molecule has 6 heteroatoms. The van der Waals surface area contributed by atoms with Crippen molar-refractivity contribution in [2.45, 2.75) is 31.9 Å². The maximum atomic E-state index is 11.9. The number of carbonyl (C=O) groups is 1. The largest absolute Gasteiger partial charge is 0.394 e. The highest BCUT2D eigenvalue weighted by Crippen LogP contribution is 2.24. The first-order valence-corrected chi connectivity index (χ1v) is 6.64. The third kappa shape index (κ3) is 4.35. The van der Waals surface area contributed by atoms with Crippen LogP contribution in [0.2, 0.25) is 10.0 Å². The van der Waals surface area contributed by atoms with Crippen molar-refractivity contribution in [3.63, 3.8) is 0 Å². The van der Waals surface area contributed by atoms with Gasteiger partial charge in [-0.1, -0.05) is 30.1 Å². The zero-order valence-corrected chi connectivity index (χ0v) is 12.3. The Morgan fingerprint density at radius 1 is 1.37 bits per heavy atom. The Labute approximate surface area is 122 Å². The van der Waals surface area contributed by atoms with Crippen molar-refractivity contribution in [2.24, 2.45) is 0 Å². The number of aliphatic hydroxyl groups excluding tert-OH is 2. The molecule has 19 heavy (non-hydrogen) atoms. The molecule has 0 fully saturated rings. The molecule has 0 heterocycles. The highest BCUT2D eigenvalue weighted by Gasteiger charge is 2.27. The monoisotopic (exact) mass is 305 g/mol. The average Bonchev–Trinajstić information content (AvgIpc) is 2.36. The molecule has 1 rings (SSSR count). The highest BCUT2D eigenvalue weighted by atomic mass is 35.5. The van der Waals surface area contributed by atoms with Crippen molar-refractivity contribution in [1.82, 2.24) is 5.32 Å². The number of carbonyl (C=O) groups excluding carboxylic acids is 1. The summed E-state index contributed by atoms with van der Waals surface area (Å²) in [6.45, 7) is 3.32. The number of aliphatic hydroxyl groups is 2. The van der Waals surface area contributed by atoms with Gasteiger partial charge in [0.15, 0.2) is 6.10 Å². The fraction of sp³-hybridized carbons (Fsp3) is 0.462. The summed E-state index contributed by atoms with van der Waals surface area (Å²) >= 11 is 11.6. The molecule has 0 aliphatic rings. The van der Waals surface area contributed by atoms with Crippen LogP contribution in [-0.4, -0.2) is 28.3 Å². The Morgan fingerprint density at radius 2 is 1.89 bits per heavy atom. The highest BCUT2D eigenvalue weighted by molar-refractivity contribution is 6.34. The summed E-state index contributed by atoms with van der Waals surface area (Å²) in [4.78, 5) is 11.9. The molecule has 4 nitrogen and oxygen atoms in total. The fourth-order valence-corrected chi connectivity index (χ4v) is 2.03. The zero-order chi connectivity index (χ0) is 14.6. The van der Waals surface area contributed by atoms with E-state index in [1.807, 2.05) is 6.92 Å². The molecule has 3 N–H and O–H groups in total. The van der Waals surface area contributed by atoms with Gasteiger partial charge in [0.25, 0.3) is 5.91 Å². The summed E-state index contributed by atoms with van der Waals surface area (Å²) in [5.74, 6) is -0.600. The number of hydrogen-bond donors (Lipinski definition) is 3. The Balaban J connectivity index is 2.87. The molecule has 0 aliphatic heterocycles. The maximum Gasteiger partial charge on any atom is 0.253 e. The van der Waals surface area contributed by atoms with Crippen LogP contribution < -0.4 is 5.32 Å². The molecule has 2 unspecified atom stereocenters. The molecule has 1 amide bonds. The normalized spacial score (nSPS) is 15.7. The summed E-state index contributed by atoms with van der Waals surface area (Å²) in [5, 5.41) is 22.5. The second-order valence-corrected chi connectivity index (χ2v) is 5.54. The van der Waals surface area contributed by atoms with E-state index in [2.05, 4.69) is 5.32 Å². The van der Waals surface area contributed by atoms with Crippen LogP contribution in [0, 0.1) is 0 Å². The molecule has 0 saturated heterocycles. The van der Waals surface area contributed by atoms with Crippen molar-refractivity contribution < 1.29 is 15.0 Å². The zero-order valence-electron chi connectivity index (χ0n) is 10.8. The van der Waals surface area contributed by atoms with E-state index in [1.165, 1.54) is 18.2 Å². The standard InChI is InChI=1S/C13H17Cl2NO3/c1-3-13(2,7-17)16-12(19)11(18)8-4-9(14)6-10(15)5-8/h4-6,11,17-18H,3,7H2,1-2H3,(H,16,19). The number of benzene rings is 1. The van der Waals surface area contributed by atoms with Gasteiger partial charge in [-0.05, 0) is 37.1 Å². The molecule has 1 aromatic carbocycles. The molecular formula is C13H17Cl2NO3. The van der Waals surface area contributed by atoms with Crippen molar-refractivity contribution in [3.05, 3.63) is 33.8 Å². The van der Waals surface area contributed by atoms with Gasteiger partial charge in [0.2, 0.25) is 0 Å². The smallest absolute Gasteiger partial charge is 0.253 e. The topological polar surface area (TPSA) is 69.6 Å². The van der Waals surface area contributed by atoms with Crippen LogP contribution in [-0.2, 0) is 4.79 Å². The quantitative estimate of drug-likeness (QED) is 0.782. The second-order valence-electron chi connectivity index (χ2n) is 4.67. The van der Waals surface area contributed by atoms with Crippen molar-refractivity contribution in [2.75, 3.05) is 6.61 Å². The minimum atomic E-state index is -1.38. The van der Waals surface area contributed by atoms with E-state index in [0.29, 0.717) is 22.0 Å². The van der Waals surface area contributed by atoms with Crippen LogP contribution in [0.3, 0.4) is 0 Å². The van der Waals surface area contributed by atoms with Gasteiger partial charge in [-0.25, -0.2) is 0 Å². The van der Waals surface area contributed by atoms with E-state index < -0.39 is 17.6 Å². The first-order chi connectivity index (χ1) is 8.81. The van der Waals surface area contributed by atoms with Gasteiger partial charge in [-0.2, -0.15) is 0 Å². The fourth-order valence-electron chi connectivity index (χ4n) is 1.49. The number of hydrogen-bond acceptors (Lipinski definition) is 3. The van der Waals surface area contributed by atoms with E-state index in [0.717, 1.165) is 0 Å². The predicted octanol–water partition coefficient (Wildman–Crippen LogP) is 2.30. The number of halogens is 2. The van der Waals surface area contributed by atoms with Gasteiger partial charge in [-0.3, -0.25) is 4.79 Å². The predicted molar refractivity (Wildman–Crippen MR) is 75.3 cm³/mol. The van der Waals surface area contributed by atoms with Gasteiger partial charge in [0, 0.05) is 10.0 Å². The van der Waals surface area contributed by atoms with Crippen LogP contribution >= 0.6 is 23.2 Å².